The van der Waals surface area contributed by atoms with Gasteiger partial charge in [0.1, 0.15) is 5.58 Å². The second-order valence-electron chi connectivity index (χ2n) is 6.43. The van der Waals surface area contributed by atoms with Gasteiger partial charge in [0.15, 0.2) is 11.2 Å². The summed E-state index contributed by atoms with van der Waals surface area (Å²) in [5, 5.41) is 3.21. The highest BCUT2D eigenvalue weighted by molar-refractivity contribution is 5.98. The molecule has 0 aliphatic heterocycles. The lowest BCUT2D eigenvalue weighted by Crippen LogP contribution is -2.35. The van der Waals surface area contributed by atoms with Crippen LogP contribution in [0.25, 0.3) is 11.0 Å². The summed E-state index contributed by atoms with van der Waals surface area (Å²) in [6, 6.07) is 13.5. The van der Waals surface area contributed by atoms with Crippen molar-refractivity contribution in [1.82, 2.24) is 4.90 Å². The van der Waals surface area contributed by atoms with Crippen molar-refractivity contribution < 1.29 is 14.0 Å². The highest BCUT2D eigenvalue weighted by Crippen LogP contribution is 2.18. The molecule has 0 aliphatic carbocycles. The topological polar surface area (TPSA) is 79.6 Å². The maximum atomic E-state index is 12.6. The fourth-order valence-corrected chi connectivity index (χ4v) is 2.76. The van der Waals surface area contributed by atoms with Gasteiger partial charge >= 0.3 is 0 Å². The zero-order valence-electron chi connectivity index (χ0n) is 15.4. The lowest BCUT2D eigenvalue weighted by atomic mass is 10.1. The summed E-state index contributed by atoms with van der Waals surface area (Å²) in [7, 11) is 1.49. The van der Waals surface area contributed by atoms with E-state index in [0.717, 1.165) is 17.2 Å². The van der Waals surface area contributed by atoms with Crippen LogP contribution in [0.3, 0.4) is 0 Å². The number of benzene rings is 2. The molecule has 0 fully saturated rings. The molecule has 6 heteroatoms. The zero-order chi connectivity index (χ0) is 19.6. The number of carbonyl (C=O) groups excluding carboxylic acids is 2. The van der Waals surface area contributed by atoms with Crippen LogP contribution in [0.5, 0.6) is 0 Å². The number of hydrogen-bond donors (Lipinski definition) is 1. The van der Waals surface area contributed by atoms with Crippen molar-refractivity contribution in [3.05, 3.63) is 75.6 Å². The van der Waals surface area contributed by atoms with Crippen molar-refractivity contribution in [2.24, 2.45) is 0 Å². The molecule has 138 valence electrons. The Morgan fingerprint density at radius 3 is 2.59 bits per heavy atom. The van der Waals surface area contributed by atoms with Crippen LogP contribution < -0.4 is 10.7 Å². The quantitative estimate of drug-likeness (QED) is 0.771. The Morgan fingerprint density at radius 2 is 1.81 bits per heavy atom. The van der Waals surface area contributed by atoms with Gasteiger partial charge in [-0.05, 0) is 43.2 Å². The van der Waals surface area contributed by atoms with Gasteiger partial charge in [0, 0.05) is 18.8 Å². The maximum Gasteiger partial charge on any atom is 0.289 e. The Balaban J connectivity index is 1.75. The van der Waals surface area contributed by atoms with E-state index >= 15 is 0 Å². The van der Waals surface area contributed by atoms with E-state index in [4.69, 9.17) is 4.42 Å². The molecule has 0 saturated carbocycles. The molecule has 2 aromatic carbocycles. The minimum atomic E-state index is -0.533. The van der Waals surface area contributed by atoms with Gasteiger partial charge in [-0.25, -0.2) is 0 Å². The molecule has 0 aliphatic rings. The summed E-state index contributed by atoms with van der Waals surface area (Å²) < 4.78 is 5.54. The highest BCUT2D eigenvalue weighted by atomic mass is 16.3. The molecule has 0 radical (unpaired) electrons. The molecule has 2 amide bonds. The standard InChI is InChI=1S/C21H20N2O4/c1-13-7-6-9-16(14(13)2)22-20(25)12-23(3)21(26)19-11-17(24)15-8-4-5-10-18(15)27-19/h4-11H,12H2,1-3H3,(H,22,25). The van der Waals surface area contributed by atoms with Crippen LogP contribution in [-0.2, 0) is 4.79 Å². The zero-order valence-corrected chi connectivity index (χ0v) is 15.4. The molecule has 0 atom stereocenters. The fourth-order valence-electron chi connectivity index (χ4n) is 2.76. The molecule has 0 saturated heterocycles. The average Bonchev–Trinajstić information content (AvgIpc) is 2.64. The summed E-state index contributed by atoms with van der Waals surface area (Å²) in [5.74, 6) is -0.961. The molecule has 6 nitrogen and oxygen atoms in total. The van der Waals surface area contributed by atoms with E-state index < -0.39 is 5.91 Å². The van der Waals surface area contributed by atoms with Gasteiger partial charge in [0.2, 0.25) is 5.91 Å². The Kier molecular flexibility index (Phi) is 5.07. The van der Waals surface area contributed by atoms with Crippen molar-refractivity contribution in [1.29, 1.82) is 0 Å². The van der Waals surface area contributed by atoms with E-state index in [1.165, 1.54) is 11.9 Å². The number of nitrogens with zero attached hydrogens (tertiary/aromatic N) is 1. The normalized spacial score (nSPS) is 10.6. The van der Waals surface area contributed by atoms with Crippen LogP contribution in [0.4, 0.5) is 5.69 Å². The van der Waals surface area contributed by atoms with Crippen molar-refractivity contribution in [3.63, 3.8) is 0 Å². The Hall–Kier alpha value is -3.41. The summed E-state index contributed by atoms with van der Waals surface area (Å²) in [6.45, 7) is 3.72. The van der Waals surface area contributed by atoms with Gasteiger partial charge in [-0.3, -0.25) is 14.4 Å². The molecule has 1 aromatic heterocycles. The van der Waals surface area contributed by atoms with Crippen LogP contribution in [-0.4, -0.2) is 30.3 Å². The Labute approximate surface area is 156 Å². The van der Waals surface area contributed by atoms with Crippen LogP contribution in [0, 0.1) is 13.8 Å². The number of likely N-dealkylation sites (N-methyl/N-ethyl adjacent to an activating group) is 1. The smallest absolute Gasteiger partial charge is 0.289 e. The molecular weight excluding hydrogens is 344 g/mol. The first-order chi connectivity index (χ1) is 12.9. The molecule has 1 N–H and O–H groups in total. The van der Waals surface area contributed by atoms with E-state index in [0.29, 0.717) is 16.7 Å². The molecule has 0 unspecified atom stereocenters. The SMILES string of the molecule is Cc1cccc(NC(=O)CN(C)C(=O)c2cc(=O)c3ccccc3o2)c1C. The number of aryl methyl sites for hydroxylation is 1. The second-order valence-corrected chi connectivity index (χ2v) is 6.43. The first-order valence-electron chi connectivity index (χ1n) is 8.51. The number of anilines is 1. The van der Waals surface area contributed by atoms with Crippen LogP contribution in [0.15, 0.2) is 57.7 Å². The van der Waals surface area contributed by atoms with E-state index in [1.54, 1.807) is 24.3 Å². The predicted molar refractivity (Wildman–Crippen MR) is 104 cm³/mol. The third kappa shape index (κ3) is 3.89. The number of nitrogens with one attached hydrogen (secondary N) is 1. The van der Waals surface area contributed by atoms with Crippen molar-refractivity contribution in [3.8, 4) is 0 Å². The Bertz CT molecular complexity index is 1080. The van der Waals surface area contributed by atoms with E-state index in [-0.39, 0.29) is 23.6 Å². The van der Waals surface area contributed by atoms with Crippen LogP contribution >= 0.6 is 0 Å². The van der Waals surface area contributed by atoms with E-state index in [1.807, 2.05) is 32.0 Å². The first kappa shape index (κ1) is 18.4. The van der Waals surface area contributed by atoms with Gasteiger partial charge in [-0.2, -0.15) is 0 Å². The molecule has 0 spiro atoms. The first-order valence-corrected chi connectivity index (χ1v) is 8.51. The monoisotopic (exact) mass is 364 g/mol. The number of amides is 2. The maximum absolute atomic E-state index is 12.6. The summed E-state index contributed by atoms with van der Waals surface area (Å²) in [5.41, 5.74) is 2.78. The minimum absolute atomic E-state index is 0.0965. The number of fused-ring (bicyclic) bond motifs is 1. The Morgan fingerprint density at radius 1 is 1.07 bits per heavy atom. The molecule has 27 heavy (non-hydrogen) atoms. The third-order valence-electron chi connectivity index (χ3n) is 4.45. The number of hydrogen-bond acceptors (Lipinski definition) is 4. The molecular formula is C21H20N2O4. The molecule has 0 bridgehead atoms. The van der Waals surface area contributed by atoms with Crippen LogP contribution in [0.2, 0.25) is 0 Å². The number of carbonyl (C=O) groups is 2. The molecule has 3 rings (SSSR count). The molecule has 3 aromatic rings. The van der Waals surface area contributed by atoms with Gasteiger partial charge in [-0.15, -0.1) is 0 Å². The summed E-state index contributed by atoms with van der Waals surface area (Å²) in [4.78, 5) is 38.2. The minimum Gasteiger partial charge on any atom is -0.451 e. The van der Waals surface area contributed by atoms with Gasteiger partial charge in [0.25, 0.3) is 5.91 Å². The van der Waals surface area contributed by atoms with E-state index in [9.17, 15) is 14.4 Å². The van der Waals surface area contributed by atoms with Crippen LogP contribution in [0.1, 0.15) is 21.7 Å². The average molecular weight is 364 g/mol. The van der Waals surface area contributed by atoms with Gasteiger partial charge < -0.3 is 14.6 Å². The highest BCUT2D eigenvalue weighted by Gasteiger charge is 2.19. The summed E-state index contributed by atoms with van der Waals surface area (Å²) >= 11 is 0. The lowest BCUT2D eigenvalue weighted by molar-refractivity contribution is -0.116. The van der Waals surface area contributed by atoms with Gasteiger partial charge in [0.05, 0.1) is 11.9 Å². The fraction of sp³-hybridized carbons (Fsp3) is 0.190. The largest absolute Gasteiger partial charge is 0.451 e. The predicted octanol–water partition coefficient (Wildman–Crippen LogP) is 3.12. The summed E-state index contributed by atoms with van der Waals surface area (Å²) in [6.07, 6.45) is 0. The lowest BCUT2D eigenvalue weighted by Gasteiger charge is -2.17. The van der Waals surface area contributed by atoms with Gasteiger partial charge in [-0.1, -0.05) is 24.3 Å². The van der Waals surface area contributed by atoms with Crippen molar-refractivity contribution in [2.75, 3.05) is 18.9 Å². The third-order valence-corrected chi connectivity index (χ3v) is 4.45. The second kappa shape index (κ2) is 7.45. The number of para-hydroxylation sites is 1. The van der Waals surface area contributed by atoms with E-state index in [2.05, 4.69) is 5.32 Å². The van der Waals surface area contributed by atoms with Crippen molar-refractivity contribution in [2.45, 2.75) is 13.8 Å². The number of rotatable bonds is 4. The van der Waals surface area contributed by atoms with Crippen molar-refractivity contribution >= 4 is 28.5 Å². The molecule has 1 heterocycles.